The second-order valence-electron chi connectivity index (χ2n) is 15.1. The van der Waals surface area contributed by atoms with Gasteiger partial charge in [0.05, 0.1) is 23.1 Å². The van der Waals surface area contributed by atoms with Crippen LogP contribution in [0.3, 0.4) is 0 Å². The van der Waals surface area contributed by atoms with Gasteiger partial charge in [0, 0.05) is 54.6 Å². The maximum absolute atomic E-state index is 14.1. The lowest BCUT2D eigenvalue weighted by atomic mass is 10.0. The lowest BCUT2D eigenvalue weighted by Crippen LogP contribution is -2.44. The molecular formula is C43H52Cl2N4O7S. The van der Waals surface area contributed by atoms with E-state index in [1.54, 1.807) is 43.7 Å². The highest BCUT2D eigenvalue weighted by atomic mass is 35.5. The first-order chi connectivity index (χ1) is 27.0. The maximum atomic E-state index is 14.1. The molecule has 3 aromatic carbocycles. The summed E-state index contributed by atoms with van der Waals surface area (Å²) in [6, 6.07) is 12.7. The first-order valence-electron chi connectivity index (χ1n) is 19.2. The number of aryl methyl sites for hydroxylation is 4. The van der Waals surface area contributed by atoms with Crippen LogP contribution in [0.4, 0.5) is 0 Å². The standard InChI is InChI=1S/C43H52Cl2N4O7S/c1-27(2)21-33-26-56-39-16-14-35(25-37(39)43(52)47(7)17-10-8-9-11-18-48(33)31(6)50)57(53,54)46-42(51)41-30(5)36-24-32(44)13-15-38(36)49(41)19-12-20-55-34-22-28(3)40(45)29(4)23-34/h8,10,13-16,22-25,27,33H,9,11-12,17-21,26H2,1-7H3,(H,46,51)/b10-8+/t33-/m0/s1. The van der Waals surface area contributed by atoms with Crippen molar-refractivity contribution in [2.24, 2.45) is 5.92 Å². The Bertz CT molecular complexity index is 2260. The Labute approximate surface area is 345 Å². The van der Waals surface area contributed by atoms with Crippen molar-refractivity contribution in [3.8, 4) is 11.5 Å². The predicted molar refractivity (Wildman–Crippen MR) is 225 cm³/mol. The van der Waals surface area contributed by atoms with E-state index in [0.717, 1.165) is 24.0 Å². The molecule has 0 fully saturated rings. The van der Waals surface area contributed by atoms with Crippen molar-refractivity contribution in [1.29, 1.82) is 0 Å². The van der Waals surface area contributed by atoms with Crippen LogP contribution in [0.25, 0.3) is 10.9 Å². The van der Waals surface area contributed by atoms with E-state index in [1.807, 2.05) is 43.0 Å². The zero-order valence-corrected chi connectivity index (χ0v) is 36.0. The average molecular weight is 840 g/mol. The molecule has 0 saturated carbocycles. The van der Waals surface area contributed by atoms with Gasteiger partial charge in [0.2, 0.25) is 5.91 Å². The third-order valence-corrected chi connectivity index (χ3v) is 12.3. The fourth-order valence-electron chi connectivity index (χ4n) is 7.25. The maximum Gasteiger partial charge on any atom is 0.281 e. The van der Waals surface area contributed by atoms with E-state index in [0.29, 0.717) is 64.8 Å². The normalized spacial score (nSPS) is 16.2. The van der Waals surface area contributed by atoms with Crippen molar-refractivity contribution >= 4 is 61.8 Å². The smallest absolute Gasteiger partial charge is 0.281 e. The van der Waals surface area contributed by atoms with Crippen LogP contribution in [0.1, 0.15) is 84.0 Å². The minimum absolute atomic E-state index is 0.0157. The number of hydrogen-bond acceptors (Lipinski definition) is 7. The zero-order valence-electron chi connectivity index (χ0n) is 33.7. The molecule has 1 N–H and O–H groups in total. The molecule has 0 bridgehead atoms. The number of ether oxygens (including phenoxy) is 2. The Kier molecular flexibility index (Phi) is 14.4. The fourth-order valence-corrected chi connectivity index (χ4v) is 8.51. The van der Waals surface area contributed by atoms with Crippen molar-refractivity contribution in [3.05, 3.63) is 98.7 Å². The molecule has 11 nitrogen and oxygen atoms in total. The van der Waals surface area contributed by atoms with Crippen LogP contribution in [0.5, 0.6) is 11.5 Å². The molecule has 14 heteroatoms. The number of aromatic nitrogens is 1. The molecule has 3 amide bonds. The lowest BCUT2D eigenvalue weighted by Gasteiger charge is -2.32. The highest BCUT2D eigenvalue weighted by Gasteiger charge is 2.29. The highest BCUT2D eigenvalue weighted by molar-refractivity contribution is 7.90. The van der Waals surface area contributed by atoms with E-state index in [2.05, 4.69) is 18.6 Å². The summed E-state index contributed by atoms with van der Waals surface area (Å²) < 4.78 is 44.3. The molecule has 0 unspecified atom stereocenters. The fraction of sp³-hybridized carbons (Fsp3) is 0.419. The van der Waals surface area contributed by atoms with Gasteiger partial charge in [0.25, 0.3) is 21.8 Å². The number of carbonyl (C=O) groups excluding carboxylic acids is 3. The molecule has 0 radical (unpaired) electrons. The molecule has 1 aliphatic rings. The molecule has 0 spiro atoms. The third-order valence-electron chi connectivity index (χ3n) is 10.1. The number of nitrogens with one attached hydrogen (secondary N) is 1. The Morgan fingerprint density at radius 2 is 1.74 bits per heavy atom. The molecule has 1 atom stereocenters. The van der Waals surface area contributed by atoms with Gasteiger partial charge in [-0.3, -0.25) is 14.4 Å². The lowest BCUT2D eigenvalue weighted by molar-refractivity contribution is -0.132. The highest BCUT2D eigenvalue weighted by Crippen LogP contribution is 2.31. The van der Waals surface area contributed by atoms with Gasteiger partial charge < -0.3 is 23.8 Å². The van der Waals surface area contributed by atoms with Gasteiger partial charge in [0.1, 0.15) is 23.8 Å². The average Bonchev–Trinajstić information content (AvgIpc) is 3.42. The quantitative estimate of drug-likeness (QED) is 0.125. The Morgan fingerprint density at radius 1 is 1.02 bits per heavy atom. The minimum atomic E-state index is -4.51. The summed E-state index contributed by atoms with van der Waals surface area (Å²) in [5.41, 5.74) is 3.25. The number of benzene rings is 3. The summed E-state index contributed by atoms with van der Waals surface area (Å²) in [6.45, 7) is 12.9. The van der Waals surface area contributed by atoms with E-state index < -0.39 is 21.8 Å². The first kappa shape index (κ1) is 43.6. The van der Waals surface area contributed by atoms with Gasteiger partial charge in [0.15, 0.2) is 0 Å². The topological polar surface area (TPSA) is 127 Å². The van der Waals surface area contributed by atoms with Gasteiger partial charge in [-0.2, -0.15) is 0 Å². The minimum Gasteiger partial charge on any atom is -0.494 e. The number of nitrogens with zero attached hydrogens (tertiary/aromatic N) is 3. The van der Waals surface area contributed by atoms with Crippen LogP contribution in [0.2, 0.25) is 10.0 Å². The van der Waals surface area contributed by atoms with Crippen LogP contribution in [-0.4, -0.2) is 79.9 Å². The summed E-state index contributed by atoms with van der Waals surface area (Å²) in [5, 5.41) is 1.87. The van der Waals surface area contributed by atoms with Gasteiger partial charge in [-0.25, -0.2) is 13.1 Å². The molecule has 0 aliphatic carbocycles. The van der Waals surface area contributed by atoms with Crippen molar-refractivity contribution in [2.45, 2.75) is 84.7 Å². The number of fused-ring (bicyclic) bond motifs is 2. The SMILES string of the molecule is CC(=O)N1CCC/C=C/CN(C)C(=O)c2cc(S(=O)(=O)NC(=O)c3c(C)c4cc(Cl)ccc4n3CCCOc3cc(C)c(Cl)c(C)c3)ccc2OC[C@@H]1CC(C)C. The number of amides is 3. The number of carbonyl (C=O) groups is 3. The van der Waals surface area contributed by atoms with Crippen molar-refractivity contribution in [3.63, 3.8) is 0 Å². The van der Waals surface area contributed by atoms with Crippen molar-refractivity contribution in [1.82, 2.24) is 19.1 Å². The van der Waals surface area contributed by atoms with Gasteiger partial charge in [-0.05, 0) is 118 Å². The number of rotatable bonds is 10. The Hall–Kier alpha value is -4.52. The molecule has 0 saturated heterocycles. The van der Waals surface area contributed by atoms with E-state index in [1.165, 1.54) is 23.1 Å². The van der Waals surface area contributed by atoms with Gasteiger partial charge >= 0.3 is 0 Å². The number of hydrogen-bond donors (Lipinski definition) is 1. The first-order valence-corrected chi connectivity index (χ1v) is 21.4. The molecule has 1 aliphatic heterocycles. The number of halogens is 2. The summed E-state index contributed by atoms with van der Waals surface area (Å²) in [4.78, 5) is 43.7. The van der Waals surface area contributed by atoms with E-state index in [-0.39, 0.29) is 52.9 Å². The second-order valence-corrected chi connectivity index (χ2v) is 17.6. The second kappa shape index (κ2) is 18.8. The molecule has 57 heavy (non-hydrogen) atoms. The third kappa shape index (κ3) is 10.5. The summed E-state index contributed by atoms with van der Waals surface area (Å²) in [5.74, 6) is -0.248. The predicted octanol–water partition coefficient (Wildman–Crippen LogP) is 8.53. The van der Waals surface area contributed by atoms with Gasteiger partial charge in [-0.15, -0.1) is 0 Å². The molecule has 306 valence electrons. The Morgan fingerprint density at radius 3 is 2.42 bits per heavy atom. The van der Waals surface area contributed by atoms with Crippen LogP contribution in [-0.2, 0) is 21.4 Å². The monoisotopic (exact) mass is 838 g/mol. The van der Waals surface area contributed by atoms with Crippen molar-refractivity contribution in [2.75, 3.05) is 33.4 Å². The Balaban J connectivity index is 1.44. The molecule has 2 heterocycles. The number of sulfonamides is 1. The van der Waals surface area contributed by atoms with Crippen LogP contribution in [0, 0.1) is 26.7 Å². The van der Waals surface area contributed by atoms with Crippen molar-refractivity contribution < 1.29 is 32.3 Å². The summed E-state index contributed by atoms with van der Waals surface area (Å²) in [6.07, 6.45) is 6.50. The largest absolute Gasteiger partial charge is 0.494 e. The zero-order chi connectivity index (χ0) is 41.6. The molecular weight excluding hydrogens is 787 g/mol. The van der Waals surface area contributed by atoms with Crippen LogP contribution >= 0.6 is 23.2 Å². The molecule has 1 aromatic heterocycles. The molecule has 4 aromatic rings. The van der Waals surface area contributed by atoms with Gasteiger partial charge in [-0.1, -0.05) is 49.2 Å². The number of likely N-dealkylation sites (N-methyl/N-ethyl adjacent to an activating group) is 1. The van der Waals surface area contributed by atoms with Crippen LogP contribution < -0.4 is 14.2 Å². The van der Waals surface area contributed by atoms with E-state index >= 15 is 0 Å². The van der Waals surface area contributed by atoms with E-state index in [9.17, 15) is 22.8 Å². The summed E-state index contributed by atoms with van der Waals surface area (Å²) in [7, 11) is -2.88. The molecule has 5 rings (SSSR count). The van der Waals surface area contributed by atoms with Crippen LogP contribution in [0.15, 0.2) is 65.6 Å². The number of allylic oxidation sites excluding steroid dienone is 1. The van der Waals surface area contributed by atoms with E-state index in [4.69, 9.17) is 32.7 Å². The summed E-state index contributed by atoms with van der Waals surface area (Å²) >= 11 is 12.7.